The Labute approximate surface area is 181 Å². The number of amidine groups is 1. The molecule has 0 amide bonds. The maximum absolute atomic E-state index is 13.1. The van der Waals surface area contributed by atoms with Crippen LogP contribution in [-0.2, 0) is 26.1 Å². The highest BCUT2D eigenvalue weighted by atomic mass is 32.2. The number of carbonyl (C=O) groups excluding carboxylic acids is 1. The number of ether oxygens (including phenoxy) is 2. The van der Waals surface area contributed by atoms with Crippen LogP contribution in [0, 0.1) is 5.41 Å². The molecule has 1 atom stereocenters. The normalized spacial score (nSPS) is 17.8. The number of nitrogens with zero attached hydrogens (tertiary/aromatic N) is 2. The lowest BCUT2D eigenvalue weighted by Gasteiger charge is -2.39. The molecule has 0 saturated carbocycles. The van der Waals surface area contributed by atoms with Crippen molar-refractivity contribution in [3.63, 3.8) is 0 Å². The minimum atomic E-state index is -3.74. The Morgan fingerprint density at radius 3 is 2.32 bits per heavy atom. The van der Waals surface area contributed by atoms with Crippen molar-refractivity contribution in [2.24, 2.45) is 5.73 Å². The van der Waals surface area contributed by atoms with Gasteiger partial charge in [0, 0.05) is 32.1 Å². The zero-order valence-corrected chi connectivity index (χ0v) is 18.3. The van der Waals surface area contributed by atoms with Crippen molar-refractivity contribution in [3.8, 4) is 5.75 Å². The van der Waals surface area contributed by atoms with Crippen molar-refractivity contribution in [2.75, 3.05) is 26.7 Å². The van der Waals surface area contributed by atoms with Gasteiger partial charge in [-0.1, -0.05) is 24.3 Å². The van der Waals surface area contributed by atoms with Crippen molar-refractivity contribution in [1.29, 1.82) is 5.41 Å². The summed E-state index contributed by atoms with van der Waals surface area (Å²) in [5.74, 6) is 0.0738. The van der Waals surface area contributed by atoms with Gasteiger partial charge in [-0.05, 0) is 29.8 Å². The molecule has 0 aromatic heterocycles. The molecule has 1 unspecified atom stereocenters. The van der Waals surface area contributed by atoms with Crippen LogP contribution < -0.4 is 10.5 Å². The van der Waals surface area contributed by atoms with E-state index in [0.29, 0.717) is 24.4 Å². The summed E-state index contributed by atoms with van der Waals surface area (Å²) in [6, 6.07) is 13.4. The van der Waals surface area contributed by atoms with Crippen LogP contribution in [0.5, 0.6) is 5.75 Å². The molecule has 1 aliphatic heterocycles. The third kappa shape index (κ3) is 5.40. The molecule has 3 rings (SSSR count). The molecule has 0 radical (unpaired) electrons. The van der Waals surface area contributed by atoms with Gasteiger partial charge < -0.3 is 15.2 Å². The summed E-state index contributed by atoms with van der Waals surface area (Å²) in [7, 11) is -2.23. The van der Waals surface area contributed by atoms with Gasteiger partial charge in [0.25, 0.3) is 0 Å². The molecule has 1 heterocycles. The van der Waals surface area contributed by atoms with E-state index in [9.17, 15) is 13.2 Å². The molecular formula is C21H26N4O5S. The lowest BCUT2D eigenvalue weighted by Crippen LogP contribution is -2.55. The Bertz CT molecular complexity index is 1040. The molecule has 10 heteroatoms. The summed E-state index contributed by atoms with van der Waals surface area (Å²) in [5, 5.41) is 7.48. The molecule has 3 N–H and O–H groups in total. The van der Waals surface area contributed by atoms with Gasteiger partial charge in [0.15, 0.2) is 6.23 Å². The number of sulfonamides is 1. The molecule has 1 saturated heterocycles. The molecule has 31 heavy (non-hydrogen) atoms. The van der Waals surface area contributed by atoms with Crippen molar-refractivity contribution in [1.82, 2.24) is 9.21 Å². The van der Waals surface area contributed by atoms with Crippen LogP contribution in [0.4, 0.5) is 0 Å². The fraction of sp³-hybridized carbons (Fsp3) is 0.333. The molecule has 0 aliphatic carbocycles. The molecule has 0 bridgehead atoms. The first-order chi connectivity index (χ1) is 14.7. The summed E-state index contributed by atoms with van der Waals surface area (Å²) in [5.41, 5.74) is 7.05. The molecular weight excluding hydrogens is 420 g/mol. The van der Waals surface area contributed by atoms with Gasteiger partial charge in [-0.25, -0.2) is 8.42 Å². The van der Waals surface area contributed by atoms with Crippen LogP contribution in [0.1, 0.15) is 18.1 Å². The highest BCUT2D eigenvalue weighted by molar-refractivity contribution is 7.89. The average Bonchev–Trinajstić information content (AvgIpc) is 2.75. The highest BCUT2D eigenvalue weighted by Crippen LogP contribution is 2.24. The third-order valence-electron chi connectivity index (χ3n) is 5.05. The van der Waals surface area contributed by atoms with Gasteiger partial charge in [-0.2, -0.15) is 4.31 Å². The smallest absolute Gasteiger partial charge is 0.304 e. The molecule has 166 valence electrons. The molecule has 2 aromatic rings. The molecule has 9 nitrogen and oxygen atoms in total. The van der Waals surface area contributed by atoms with E-state index < -0.39 is 22.2 Å². The fourth-order valence-electron chi connectivity index (χ4n) is 3.39. The van der Waals surface area contributed by atoms with Crippen molar-refractivity contribution >= 4 is 21.8 Å². The predicted molar refractivity (Wildman–Crippen MR) is 115 cm³/mol. The zero-order valence-electron chi connectivity index (χ0n) is 17.4. The lowest BCUT2D eigenvalue weighted by atomic mass is 10.1. The number of nitrogen functional groups attached to an aromatic ring is 1. The van der Waals surface area contributed by atoms with Crippen LogP contribution >= 0.6 is 0 Å². The van der Waals surface area contributed by atoms with Gasteiger partial charge >= 0.3 is 5.97 Å². The zero-order chi connectivity index (χ0) is 22.6. The standard InChI is InChI=1S/C21H26N4O5S/c1-15(26)30-20-14-25(31(27,28)19-9-7-18(29-2)8-10-19)12-11-24(20)13-16-3-5-17(6-4-16)21(22)23/h3-10,20H,11-14H2,1-2H3,(H3,22,23). The second-order valence-electron chi connectivity index (χ2n) is 7.18. The molecule has 0 spiro atoms. The van der Waals surface area contributed by atoms with Gasteiger partial charge in [-0.3, -0.25) is 15.1 Å². The van der Waals surface area contributed by atoms with Crippen LogP contribution in [-0.4, -0.2) is 62.4 Å². The van der Waals surface area contributed by atoms with Gasteiger partial charge in [0.2, 0.25) is 10.0 Å². The Kier molecular flexibility index (Phi) is 6.94. The second kappa shape index (κ2) is 9.46. The van der Waals surface area contributed by atoms with E-state index in [4.69, 9.17) is 20.6 Å². The monoisotopic (exact) mass is 446 g/mol. The summed E-state index contributed by atoms with van der Waals surface area (Å²) < 4.78 is 38.0. The minimum absolute atomic E-state index is 0.0123. The maximum Gasteiger partial charge on any atom is 0.304 e. The number of methoxy groups -OCH3 is 1. The number of piperazine rings is 1. The van der Waals surface area contributed by atoms with Crippen molar-refractivity contribution < 1.29 is 22.7 Å². The Hall–Kier alpha value is -2.95. The van der Waals surface area contributed by atoms with Crippen LogP contribution in [0.3, 0.4) is 0 Å². The van der Waals surface area contributed by atoms with Crippen molar-refractivity contribution in [3.05, 3.63) is 59.7 Å². The quantitative estimate of drug-likeness (QED) is 0.374. The summed E-state index contributed by atoms with van der Waals surface area (Å²) in [6.45, 7) is 2.45. The SMILES string of the molecule is COc1ccc(S(=O)(=O)N2CCN(Cc3ccc(C(=N)N)cc3)C(OC(C)=O)C2)cc1. The van der Waals surface area contributed by atoms with Crippen LogP contribution in [0.15, 0.2) is 53.4 Å². The lowest BCUT2D eigenvalue weighted by molar-refractivity contribution is -0.161. The van der Waals surface area contributed by atoms with E-state index in [-0.39, 0.29) is 23.8 Å². The van der Waals surface area contributed by atoms with E-state index in [0.717, 1.165) is 5.56 Å². The number of nitrogens with two attached hydrogens (primary N) is 1. The van der Waals surface area contributed by atoms with E-state index in [1.165, 1.54) is 30.5 Å². The highest BCUT2D eigenvalue weighted by Gasteiger charge is 2.35. The van der Waals surface area contributed by atoms with Gasteiger partial charge in [0.1, 0.15) is 11.6 Å². The summed E-state index contributed by atoms with van der Waals surface area (Å²) in [4.78, 5) is 13.7. The number of esters is 1. The first-order valence-corrected chi connectivity index (χ1v) is 11.1. The molecule has 2 aromatic carbocycles. The predicted octanol–water partition coefficient (Wildman–Crippen LogP) is 1.37. The summed E-state index contributed by atoms with van der Waals surface area (Å²) in [6.07, 6.45) is -0.716. The Balaban J connectivity index is 1.76. The number of nitrogens with one attached hydrogen (secondary N) is 1. The number of carbonyl (C=O) groups is 1. The molecule has 1 fully saturated rings. The van der Waals surface area contributed by atoms with E-state index in [1.54, 1.807) is 24.3 Å². The topological polar surface area (TPSA) is 126 Å². The Morgan fingerprint density at radius 2 is 1.77 bits per heavy atom. The first-order valence-electron chi connectivity index (χ1n) is 9.69. The third-order valence-corrected chi connectivity index (χ3v) is 6.93. The average molecular weight is 447 g/mol. The maximum atomic E-state index is 13.1. The largest absolute Gasteiger partial charge is 0.497 e. The molecule has 1 aliphatic rings. The second-order valence-corrected chi connectivity index (χ2v) is 9.12. The van der Waals surface area contributed by atoms with E-state index >= 15 is 0 Å². The van der Waals surface area contributed by atoms with E-state index in [1.807, 2.05) is 17.0 Å². The number of rotatable bonds is 7. The van der Waals surface area contributed by atoms with E-state index in [2.05, 4.69) is 0 Å². The number of hydrogen-bond acceptors (Lipinski definition) is 7. The number of hydrogen-bond donors (Lipinski definition) is 2. The fourth-order valence-corrected chi connectivity index (χ4v) is 4.81. The first kappa shape index (κ1) is 22.7. The summed E-state index contributed by atoms with van der Waals surface area (Å²) >= 11 is 0. The number of benzene rings is 2. The van der Waals surface area contributed by atoms with Crippen LogP contribution in [0.25, 0.3) is 0 Å². The van der Waals surface area contributed by atoms with Crippen LogP contribution in [0.2, 0.25) is 0 Å². The Morgan fingerprint density at radius 1 is 1.13 bits per heavy atom. The van der Waals surface area contributed by atoms with Gasteiger partial charge in [-0.15, -0.1) is 0 Å². The van der Waals surface area contributed by atoms with Gasteiger partial charge in [0.05, 0.1) is 18.6 Å². The van der Waals surface area contributed by atoms with Crippen molar-refractivity contribution in [2.45, 2.75) is 24.6 Å². The minimum Gasteiger partial charge on any atom is -0.497 e.